The Labute approximate surface area is 119 Å². The number of halogens is 1. The molecule has 20 heavy (non-hydrogen) atoms. The predicted molar refractivity (Wildman–Crippen MR) is 74.6 cm³/mol. The minimum Gasteiger partial charge on any atom is -0.189 e. The molecule has 0 atom stereocenters. The second kappa shape index (κ2) is 4.06. The summed E-state index contributed by atoms with van der Waals surface area (Å²) >= 11 is 0. The van der Waals surface area contributed by atoms with Crippen LogP contribution in [-0.2, 0) is 15.6 Å². The lowest BCUT2D eigenvalue weighted by Crippen LogP contribution is -2.48. The van der Waals surface area contributed by atoms with Crippen LogP contribution in [0.15, 0.2) is 29.2 Å². The van der Waals surface area contributed by atoms with Gasteiger partial charge in [-0.3, -0.25) is 0 Å². The molecule has 2 nitrogen and oxygen atoms in total. The zero-order valence-electron chi connectivity index (χ0n) is 11.4. The molecular formula is C16H19FO2S. The molecular weight excluding hydrogens is 275 g/mol. The number of hydrogen-bond donors (Lipinski definition) is 0. The van der Waals surface area contributed by atoms with Crippen LogP contribution >= 0.6 is 0 Å². The maximum absolute atomic E-state index is 13.0. The number of hydrogen-bond acceptors (Lipinski definition) is 2. The maximum atomic E-state index is 13.0. The standard InChI is InChI=1S/C16H19FO2S/c17-20(18,19)15-3-1-14(2-4-15)16-8-11-5-12(9-16)7-13(6-11)10-16/h1-4,11-13H,5-10H2. The summed E-state index contributed by atoms with van der Waals surface area (Å²) in [6.07, 6.45) is 7.87. The van der Waals surface area contributed by atoms with Crippen LogP contribution in [0, 0.1) is 17.8 Å². The average Bonchev–Trinajstić information content (AvgIpc) is 2.36. The molecule has 0 unspecified atom stereocenters. The van der Waals surface area contributed by atoms with Crippen molar-refractivity contribution < 1.29 is 12.3 Å². The first-order valence-corrected chi connectivity index (χ1v) is 8.88. The van der Waals surface area contributed by atoms with E-state index in [0.29, 0.717) is 0 Å². The molecule has 4 fully saturated rings. The van der Waals surface area contributed by atoms with E-state index in [1.54, 1.807) is 0 Å². The Kier molecular flexibility index (Phi) is 2.60. The highest BCUT2D eigenvalue weighted by Crippen LogP contribution is 2.60. The summed E-state index contributed by atoms with van der Waals surface area (Å²) in [5, 5.41) is 0. The lowest BCUT2D eigenvalue weighted by molar-refractivity contribution is -0.00521. The maximum Gasteiger partial charge on any atom is 0.332 e. The zero-order valence-corrected chi connectivity index (χ0v) is 12.2. The van der Waals surface area contributed by atoms with E-state index in [0.717, 1.165) is 17.8 Å². The van der Waals surface area contributed by atoms with E-state index in [1.165, 1.54) is 56.2 Å². The Morgan fingerprint density at radius 2 is 1.35 bits per heavy atom. The molecule has 0 aliphatic heterocycles. The van der Waals surface area contributed by atoms with Crippen LogP contribution in [0.3, 0.4) is 0 Å². The number of benzene rings is 1. The van der Waals surface area contributed by atoms with Crippen molar-refractivity contribution in [3.8, 4) is 0 Å². The first kappa shape index (κ1) is 12.8. The van der Waals surface area contributed by atoms with E-state index in [4.69, 9.17) is 0 Å². The average molecular weight is 294 g/mol. The van der Waals surface area contributed by atoms with Crippen molar-refractivity contribution in [1.82, 2.24) is 0 Å². The van der Waals surface area contributed by atoms with Gasteiger partial charge in [0, 0.05) is 0 Å². The molecule has 0 amide bonds. The first-order chi connectivity index (χ1) is 9.45. The molecule has 1 aromatic rings. The molecule has 108 valence electrons. The zero-order chi connectivity index (χ0) is 14.0. The molecule has 4 bridgehead atoms. The third-order valence-electron chi connectivity index (χ3n) is 5.79. The lowest BCUT2D eigenvalue weighted by Gasteiger charge is -2.57. The smallest absolute Gasteiger partial charge is 0.189 e. The van der Waals surface area contributed by atoms with E-state index in [-0.39, 0.29) is 10.3 Å². The molecule has 4 saturated carbocycles. The lowest BCUT2D eigenvalue weighted by atomic mass is 9.48. The van der Waals surface area contributed by atoms with Gasteiger partial charge in [-0.25, -0.2) is 0 Å². The van der Waals surface area contributed by atoms with Crippen LogP contribution in [0.25, 0.3) is 0 Å². The Morgan fingerprint density at radius 3 is 1.75 bits per heavy atom. The van der Waals surface area contributed by atoms with Gasteiger partial charge in [0.2, 0.25) is 0 Å². The Morgan fingerprint density at radius 1 is 0.900 bits per heavy atom. The van der Waals surface area contributed by atoms with E-state index in [1.807, 2.05) is 12.1 Å². The molecule has 0 N–H and O–H groups in total. The van der Waals surface area contributed by atoms with Gasteiger partial charge in [0.25, 0.3) is 0 Å². The van der Waals surface area contributed by atoms with Crippen LogP contribution in [0.5, 0.6) is 0 Å². The molecule has 0 radical (unpaired) electrons. The third-order valence-corrected chi connectivity index (χ3v) is 6.62. The normalized spacial score (nSPS) is 39.1. The van der Waals surface area contributed by atoms with Gasteiger partial charge in [0.15, 0.2) is 0 Å². The van der Waals surface area contributed by atoms with Crippen LogP contribution in [-0.4, -0.2) is 8.42 Å². The van der Waals surface area contributed by atoms with Crippen molar-refractivity contribution in [2.24, 2.45) is 17.8 Å². The van der Waals surface area contributed by atoms with Crippen molar-refractivity contribution >= 4 is 10.2 Å². The third kappa shape index (κ3) is 1.92. The Bertz CT molecular complexity index is 598. The molecule has 5 rings (SSSR count). The molecule has 0 aromatic heterocycles. The first-order valence-electron chi connectivity index (χ1n) is 7.50. The quantitative estimate of drug-likeness (QED) is 0.777. The van der Waals surface area contributed by atoms with E-state index in [9.17, 15) is 12.3 Å². The minimum absolute atomic E-state index is 0.217. The molecule has 4 aliphatic rings. The summed E-state index contributed by atoms with van der Waals surface area (Å²) in [5.74, 6) is 2.56. The highest BCUT2D eigenvalue weighted by molar-refractivity contribution is 7.86. The van der Waals surface area contributed by atoms with Gasteiger partial charge >= 0.3 is 10.2 Å². The van der Waals surface area contributed by atoms with Crippen molar-refractivity contribution in [2.45, 2.75) is 48.8 Å². The minimum atomic E-state index is -4.58. The van der Waals surface area contributed by atoms with Crippen LogP contribution in [0.4, 0.5) is 3.89 Å². The molecule has 1 aromatic carbocycles. The fourth-order valence-electron chi connectivity index (χ4n) is 5.44. The van der Waals surface area contributed by atoms with Crippen LogP contribution in [0.2, 0.25) is 0 Å². The summed E-state index contributed by atoms with van der Waals surface area (Å²) in [4.78, 5) is -0.217. The van der Waals surface area contributed by atoms with Gasteiger partial charge in [-0.15, -0.1) is 3.89 Å². The van der Waals surface area contributed by atoms with Crippen molar-refractivity contribution in [2.75, 3.05) is 0 Å². The van der Waals surface area contributed by atoms with Gasteiger partial charge in [-0.05, 0) is 79.4 Å². The molecule has 4 aliphatic carbocycles. The van der Waals surface area contributed by atoms with Gasteiger partial charge in [-0.2, -0.15) is 8.42 Å². The Hall–Kier alpha value is -0.900. The van der Waals surface area contributed by atoms with E-state index in [2.05, 4.69) is 0 Å². The molecule has 0 saturated heterocycles. The van der Waals surface area contributed by atoms with Gasteiger partial charge in [0.1, 0.15) is 0 Å². The summed E-state index contributed by atoms with van der Waals surface area (Å²) in [6.45, 7) is 0. The van der Waals surface area contributed by atoms with Gasteiger partial charge in [0.05, 0.1) is 4.90 Å². The largest absolute Gasteiger partial charge is 0.332 e. The fraction of sp³-hybridized carbons (Fsp3) is 0.625. The van der Waals surface area contributed by atoms with Gasteiger partial charge in [-0.1, -0.05) is 12.1 Å². The molecule has 0 spiro atoms. The second-order valence-electron chi connectivity index (χ2n) is 7.16. The summed E-state index contributed by atoms with van der Waals surface area (Å²) in [7, 11) is -4.58. The van der Waals surface area contributed by atoms with E-state index >= 15 is 0 Å². The molecule has 4 heteroatoms. The molecule has 0 heterocycles. The number of rotatable bonds is 2. The van der Waals surface area contributed by atoms with Crippen molar-refractivity contribution in [3.63, 3.8) is 0 Å². The fourth-order valence-corrected chi connectivity index (χ4v) is 5.90. The van der Waals surface area contributed by atoms with Crippen molar-refractivity contribution in [3.05, 3.63) is 29.8 Å². The monoisotopic (exact) mass is 294 g/mol. The van der Waals surface area contributed by atoms with Gasteiger partial charge < -0.3 is 0 Å². The summed E-state index contributed by atoms with van der Waals surface area (Å²) in [6, 6.07) is 6.56. The second-order valence-corrected chi connectivity index (χ2v) is 8.51. The summed E-state index contributed by atoms with van der Waals surface area (Å²) < 4.78 is 34.8. The SMILES string of the molecule is O=S(=O)(F)c1ccc(C23CC4CC(CC(C4)C2)C3)cc1. The predicted octanol–water partition coefficient (Wildman–Crippen LogP) is 3.81. The highest BCUT2D eigenvalue weighted by Gasteiger charge is 2.51. The van der Waals surface area contributed by atoms with Crippen LogP contribution < -0.4 is 0 Å². The van der Waals surface area contributed by atoms with Crippen LogP contribution in [0.1, 0.15) is 44.1 Å². The highest BCUT2D eigenvalue weighted by atomic mass is 32.3. The summed E-state index contributed by atoms with van der Waals surface area (Å²) in [5.41, 5.74) is 1.47. The Balaban J connectivity index is 1.70. The topological polar surface area (TPSA) is 34.1 Å². The van der Waals surface area contributed by atoms with E-state index < -0.39 is 10.2 Å². The van der Waals surface area contributed by atoms with Crippen molar-refractivity contribution in [1.29, 1.82) is 0 Å².